The summed E-state index contributed by atoms with van der Waals surface area (Å²) < 4.78 is 0. The molecule has 88 valence electrons. The maximum atomic E-state index is 12.2. The molecule has 2 heteroatoms. The zero-order chi connectivity index (χ0) is 12.5. The first-order valence-electron chi connectivity index (χ1n) is 5.87. The number of allylic oxidation sites excluding steroid dienone is 1. The van der Waals surface area contributed by atoms with Crippen LogP contribution in [0.3, 0.4) is 0 Å². The quantitative estimate of drug-likeness (QED) is 0.772. The number of carbonyl (C=O) groups excluding carboxylic acids is 1. The smallest absolute Gasteiger partial charge is 0.189 e. The molecule has 0 fully saturated rings. The lowest BCUT2D eigenvalue weighted by atomic mass is 10.1. The van der Waals surface area contributed by atoms with Gasteiger partial charge in [0.25, 0.3) is 0 Å². The predicted octanol–water partition coefficient (Wildman–Crippen LogP) is 3.21. The molecule has 0 saturated heterocycles. The summed E-state index contributed by atoms with van der Waals surface area (Å²) in [6.45, 7) is 0. The van der Waals surface area contributed by atoms with Crippen LogP contribution < -0.4 is 0 Å². The van der Waals surface area contributed by atoms with E-state index >= 15 is 0 Å². The Morgan fingerprint density at radius 2 is 1.72 bits per heavy atom. The topological polar surface area (TPSA) is 37.3 Å². The number of ketones is 1. The van der Waals surface area contributed by atoms with Gasteiger partial charge in [-0.1, -0.05) is 42.5 Å². The van der Waals surface area contributed by atoms with Gasteiger partial charge in [0.05, 0.1) is 0 Å². The Morgan fingerprint density at radius 3 is 2.50 bits per heavy atom. The minimum absolute atomic E-state index is 0.0638. The lowest BCUT2D eigenvalue weighted by Crippen LogP contribution is -1.94. The van der Waals surface area contributed by atoms with Crippen molar-refractivity contribution in [2.75, 3.05) is 0 Å². The van der Waals surface area contributed by atoms with E-state index in [1.165, 1.54) is 0 Å². The van der Waals surface area contributed by atoms with Crippen LogP contribution in [0.15, 0.2) is 54.1 Å². The summed E-state index contributed by atoms with van der Waals surface area (Å²) in [5.41, 5.74) is 3.26. The molecule has 1 aliphatic carbocycles. The van der Waals surface area contributed by atoms with Crippen LogP contribution in [-0.2, 0) is 6.42 Å². The Bertz CT molecular complexity index is 654. The van der Waals surface area contributed by atoms with Crippen molar-refractivity contribution in [2.45, 2.75) is 6.42 Å². The summed E-state index contributed by atoms with van der Waals surface area (Å²) in [5.74, 6) is 0.266. The van der Waals surface area contributed by atoms with Crippen molar-refractivity contribution in [3.05, 3.63) is 70.8 Å². The average molecular weight is 236 g/mol. The number of hydrogen-bond donors (Lipinski definition) is 1. The molecule has 0 heterocycles. The third kappa shape index (κ3) is 1.72. The molecule has 2 aromatic rings. The molecule has 0 spiro atoms. The van der Waals surface area contributed by atoms with Crippen molar-refractivity contribution in [2.24, 2.45) is 0 Å². The lowest BCUT2D eigenvalue weighted by Gasteiger charge is -1.99. The Morgan fingerprint density at radius 1 is 1.00 bits per heavy atom. The number of rotatable bonds is 1. The second kappa shape index (κ2) is 4.15. The van der Waals surface area contributed by atoms with Gasteiger partial charge < -0.3 is 5.11 Å². The molecule has 0 amide bonds. The number of Topliss-reactive ketones (excluding diaryl/α,β-unsaturated/α-hetero) is 1. The van der Waals surface area contributed by atoms with E-state index in [0.717, 1.165) is 16.7 Å². The Kier molecular flexibility index (Phi) is 2.49. The first kappa shape index (κ1) is 10.8. The molecule has 1 aliphatic rings. The Labute approximate surface area is 105 Å². The Balaban J connectivity index is 2.02. The van der Waals surface area contributed by atoms with Crippen LogP contribution in [0.4, 0.5) is 0 Å². The van der Waals surface area contributed by atoms with Crippen molar-refractivity contribution in [1.29, 1.82) is 0 Å². The van der Waals surface area contributed by atoms with Gasteiger partial charge in [0.15, 0.2) is 5.78 Å². The van der Waals surface area contributed by atoms with Crippen molar-refractivity contribution in [1.82, 2.24) is 0 Å². The number of benzene rings is 2. The highest BCUT2D eigenvalue weighted by Gasteiger charge is 2.24. The van der Waals surface area contributed by atoms with Crippen molar-refractivity contribution < 1.29 is 9.90 Å². The van der Waals surface area contributed by atoms with Gasteiger partial charge in [-0.3, -0.25) is 4.79 Å². The van der Waals surface area contributed by atoms with E-state index in [4.69, 9.17) is 0 Å². The van der Waals surface area contributed by atoms with E-state index in [-0.39, 0.29) is 11.5 Å². The van der Waals surface area contributed by atoms with Crippen molar-refractivity contribution in [3.8, 4) is 5.75 Å². The number of fused-ring (bicyclic) bond motifs is 1. The number of phenols is 1. The second-order valence-electron chi connectivity index (χ2n) is 4.39. The molecule has 18 heavy (non-hydrogen) atoms. The zero-order valence-corrected chi connectivity index (χ0v) is 9.76. The molecule has 0 bridgehead atoms. The van der Waals surface area contributed by atoms with Crippen LogP contribution in [0.25, 0.3) is 6.08 Å². The molecular weight excluding hydrogens is 224 g/mol. The van der Waals surface area contributed by atoms with Gasteiger partial charge in [0, 0.05) is 23.1 Å². The number of aromatic hydroxyl groups is 1. The second-order valence-corrected chi connectivity index (χ2v) is 4.39. The number of phenolic OH excluding ortho intramolecular Hbond substituents is 1. The first-order valence-corrected chi connectivity index (χ1v) is 5.87. The lowest BCUT2D eigenvalue weighted by molar-refractivity contribution is 0.104. The molecule has 2 aromatic carbocycles. The van der Waals surface area contributed by atoms with Gasteiger partial charge >= 0.3 is 0 Å². The fourth-order valence-electron chi connectivity index (χ4n) is 2.27. The minimum atomic E-state index is 0.0638. The van der Waals surface area contributed by atoms with Crippen LogP contribution in [0.5, 0.6) is 5.75 Å². The molecule has 2 nitrogen and oxygen atoms in total. The summed E-state index contributed by atoms with van der Waals surface area (Å²) in [7, 11) is 0. The highest BCUT2D eigenvalue weighted by atomic mass is 16.3. The van der Waals surface area contributed by atoms with Gasteiger partial charge in [0.2, 0.25) is 0 Å². The summed E-state index contributed by atoms with van der Waals surface area (Å²) in [5, 5.41) is 9.72. The van der Waals surface area contributed by atoms with E-state index < -0.39 is 0 Å². The highest BCUT2D eigenvalue weighted by Crippen LogP contribution is 2.29. The number of hydrogen-bond acceptors (Lipinski definition) is 2. The molecule has 0 radical (unpaired) electrons. The zero-order valence-electron chi connectivity index (χ0n) is 9.76. The standard InChI is InChI=1S/C16H12O2/c17-15-8-4-2-6-12(15)10-13-9-11-5-1-3-7-14(11)16(13)18/h1-8,10,17H,9H2/b13-10-. The highest BCUT2D eigenvalue weighted by molar-refractivity contribution is 6.15. The largest absolute Gasteiger partial charge is 0.507 e. The van der Waals surface area contributed by atoms with Crippen molar-refractivity contribution >= 4 is 11.9 Å². The van der Waals surface area contributed by atoms with Crippen LogP contribution in [-0.4, -0.2) is 10.9 Å². The first-order chi connectivity index (χ1) is 8.75. The molecule has 3 rings (SSSR count). The molecule has 0 unspecified atom stereocenters. The SMILES string of the molecule is O=C1/C(=C\c2ccccc2O)Cc2ccccc21. The molecule has 0 aliphatic heterocycles. The van der Waals surface area contributed by atoms with E-state index in [1.807, 2.05) is 30.3 Å². The number of carbonyl (C=O) groups is 1. The van der Waals surface area contributed by atoms with E-state index in [0.29, 0.717) is 12.0 Å². The molecule has 0 saturated carbocycles. The van der Waals surface area contributed by atoms with Gasteiger partial charge in [-0.2, -0.15) is 0 Å². The number of para-hydroxylation sites is 1. The third-order valence-electron chi connectivity index (χ3n) is 3.20. The minimum Gasteiger partial charge on any atom is -0.507 e. The maximum Gasteiger partial charge on any atom is 0.189 e. The monoisotopic (exact) mass is 236 g/mol. The molecular formula is C16H12O2. The molecule has 0 atom stereocenters. The van der Waals surface area contributed by atoms with Gasteiger partial charge in [-0.25, -0.2) is 0 Å². The molecule has 1 N–H and O–H groups in total. The van der Waals surface area contributed by atoms with Gasteiger partial charge in [-0.15, -0.1) is 0 Å². The third-order valence-corrected chi connectivity index (χ3v) is 3.20. The summed E-state index contributed by atoms with van der Waals surface area (Å²) in [4.78, 5) is 12.2. The normalized spacial score (nSPS) is 16.0. The van der Waals surface area contributed by atoms with Crippen LogP contribution in [0.1, 0.15) is 21.5 Å². The fraction of sp³-hybridized carbons (Fsp3) is 0.0625. The van der Waals surface area contributed by atoms with Crippen LogP contribution in [0, 0.1) is 0 Å². The molecule has 0 aromatic heterocycles. The van der Waals surface area contributed by atoms with E-state index in [2.05, 4.69) is 0 Å². The average Bonchev–Trinajstić information content (AvgIpc) is 2.70. The van der Waals surface area contributed by atoms with Gasteiger partial charge in [-0.05, 0) is 17.7 Å². The summed E-state index contributed by atoms with van der Waals surface area (Å²) in [6.07, 6.45) is 2.42. The van der Waals surface area contributed by atoms with Crippen LogP contribution in [0.2, 0.25) is 0 Å². The van der Waals surface area contributed by atoms with E-state index in [9.17, 15) is 9.90 Å². The fourth-order valence-corrected chi connectivity index (χ4v) is 2.27. The van der Waals surface area contributed by atoms with Gasteiger partial charge in [0.1, 0.15) is 5.75 Å². The summed E-state index contributed by atoms with van der Waals surface area (Å²) in [6, 6.07) is 14.7. The van der Waals surface area contributed by atoms with E-state index in [1.54, 1.807) is 24.3 Å². The van der Waals surface area contributed by atoms with Crippen LogP contribution >= 0.6 is 0 Å². The Hall–Kier alpha value is -2.35. The summed E-state index contributed by atoms with van der Waals surface area (Å²) >= 11 is 0. The maximum absolute atomic E-state index is 12.2. The predicted molar refractivity (Wildman–Crippen MR) is 70.6 cm³/mol. The van der Waals surface area contributed by atoms with Crippen molar-refractivity contribution in [3.63, 3.8) is 0 Å².